The minimum Gasteiger partial charge on any atom is -0.480 e. The molecule has 0 unspecified atom stereocenters. The number of rotatable bonds is 10. The minimum atomic E-state index is -0.973. The number of benzene rings is 2. The van der Waals surface area contributed by atoms with Crippen molar-refractivity contribution in [3.63, 3.8) is 0 Å². The zero-order chi connectivity index (χ0) is 22.1. The van der Waals surface area contributed by atoms with E-state index in [0.29, 0.717) is 17.9 Å². The van der Waals surface area contributed by atoms with Crippen LogP contribution in [-0.2, 0) is 22.7 Å². The number of aliphatic carboxylic acids is 1. The molecule has 0 aliphatic carbocycles. The number of hydrogen-bond donors (Lipinski definition) is 2. The molecule has 1 amide bonds. The third-order valence-electron chi connectivity index (χ3n) is 4.85. The van der Waals surface area contributed by atoms with Crippen LogP contribution in [0.5, 0.6) is 0 Å². The van der Waals surface area contributed by atoms with Crippen LogP contribution in [0.1, 0.15) is 43.6 Å². The average molecular weight is 421 g/mol. The van der Waals surface area contributed by atoms with Crippen LogP contribution in [0, 0.1) is 0 Å². The number of alkyl carbamates (subject to hydrolysis) is 1. The molecule has 2 N–H and O–H groups in total. The number of carboxylic acid groups (broad SMARTS) is 1. The fraction of sp³-hybridized carbons (Fsp3) is 0.292. The number of unbranched alkanes of at least 4 members (excludes halogenated alkanes) is 1. The van der Waals surface area contributed by atoms with Crippen molar-refractivity contribution in [1.82, 2.24) is 14.9 Å². The van der Waals surface area contributed by atoms with E-state index in [0.717, 1.165) is 24.0 Å². The molecular formula is C24H27N3O4. The van der Waals surface area contributed by atoms with Gasteiger partial charge in [0.1, 0.15) is 19.0 Å². The second-order valence-electron chi connectivity index (χ2n) is 7.27. The summed E-state index contributed by atoms with van der Waals surface area (Å²) in [6.07, 6.45) is 3.57. The Balaban J connectivity index is 1.81. The number of hydrogen-bond acceptors (Lipinski definition) is 4. The van der Waals surface area contributed by atoms with Gasteiger partial charge in [-0.3, -0.25) is 4.79 Å². The Labute approximate surface area is 181 Å². The van der Waals surface area contributed by atoms with Gasteiger partial charge in [-0.15, -0.1) is 0 Å². The van der Waals surface area contributed by atoms with Crippen LogP contribution in [0.25, 0.3) is 11.3 Å². The van der Waals surface area contributed by atoms with Crippen molar-refractivity contribution in [2.75, 3.05) is 0 Å². The molecule has 0 spiro atoms. The second kappa shape index (κ2) is 11.0. The standard InChI is InChI=1S/C24H27N3O4/c1-2-3-14-20(26-24(30)31-17-18-10-6-4-7-11-18)23-25-21(15-27(23)16-22(28)29)19-12-8-5-9-13-19/h4-13,15,20H,2-3,14,16-17H2,1H3,(H,26,30)(H,28,29)/t20-/m0/s1. The smallest absolute Gasteiger partial charge is 0.408 e. The van der Waals surface area contributed by atoms with E-state index in [4.69, 9.17) is 4.74 Å². The van der Waals surface area contributed by atoms with E-state index in [-0.39, 0.29) is 13.2 Å². The van der Waals surface area contributed by atoms with Crippen LogP contribution in [0.15, 0.2) is 66.9 Å². The maximum atomic E-state index is 12.5. The summed E-state index contributed by atoms with van der Waals surface area (Å²) in [4.78, 5) is 28.6. The third-order valence-corrected chi connectivity index (χ3v) is 4.85. The number of amides is 1. The number of imidazole rings is 1. The maximum Gasteiger partial charge on any atom is 0.408 e. The zero-order valence-corrected chi connectivity index (χ0v) is 17.5. The van der Waals surface area contributed by atoms with Gasteiger partial charge in [0.05, 0.1) is 11.7 Å². The van der Waals surface area contributed by atoms with Gasteiger partial charge >= 0.3 is 12.1 Å². The van der Waals surface area contributed by atoms with E-state index in [9.17, 15) is 14.7 Å². The Hall–Kier alpha value is -3.61. The number of ether oxygens (including phenoxy) is 1. The summed E-state index contributed by atoms with van der Waals surface area (Å²) in [6, 6.07) is 18.5. The van der Waals surface area contributed by atoms with Crippen molar-refractivity contribution in [1.29, 1.82) is 0 Å². The normalized spacial score (nSPS) is 11.6. The molecule has 0 aliphatic rings. The van der Waals surface area contributed by atoms with Gasteiger partial charge in [0.25, 0.3) is 0 Å². The summed E-state index contributed by atoms with van der Waals surface area (Å²) in [5.74, 6) is -0.467. The molecule has 31 heavy (non-hydrogen) atoms. The number of nitrogens with one attached hydrogen (secondary N) is 1. The van der Waals surface area contributed by atoms with E-state index in [1.807, 2.05) is 60.7 Å². The van der Waals surface area contributed by atoms with Crippen LogP contribution in [0.4, 0.5) is 4.79 Å². The Morgan fingerprint density at radius 2 is 1.77 bits per heavy atom. The van der Waals surface area contributed by atoms with Gasteiger partial charge < -0.3 is 19.7 Å². The molecule has 0 saturated carbocycles. The third kappa shape index (κ3) is 6.44. The lowest BCUT2D eigenvalue weighted by molar-refractivity contribution is -0.137. The Kier molecular flexibility index (Phi) is 7.81. The zero-order valence-electron chi connectivity index (χ0n) is 17.5. The van der Waals surface area contributed by atoms with Gasteiger partial charge in [-0.2, -0.15) is 0 Å². The largest absolute Gasteiger partial charge is 0.480 e. The molecule has 0 saturated heterocycles. The first-order valence-corrected chi connectivity index (χ1v) is 10.4. The summed E-state index contributed by atoms with van der Waals surface area (Å²) < 4.78 is 6.95. The van der Waals surface area contributed by atoms with Crippen LogP contribution in [0.3, 0.4) is 0 Å². The molecule has 162 valence electrons. The molecule has 3 rings (SSSR count). The molecule has 1 heterocycles. The highest BCUT2D eigenvalue weighted by Crippen LogP contribution is 2.25. The predicted molar refractivity (Wildman–Crippen MR) is 117 cm³/mol. The monoisotopic (exact) mass is 421 g/mol. The summed E-state index contributed by atoms with van der Waals surface area (Å²) in [5, 5.41) is 12.2. The van der Waals surface area contributed by atoms with E-state index in [2.05, 4.69) is 17.2 Å². The van der Waals surface area contributed by atoms with Crippen molar-refractivity contribution >= 4 is 12.1 Å². The van der Waals surface area contributed by atoms with Crippen molar-refractivity contribution < 1.29 is 19.4 Å². The fourth-order valence-corrected chi connectivity index (χ4v) is 3.31. The molecular weight excluding hydrogens is 394 g/mol. The van der Waals surface area contributed by atoms with E-state index in [1.165, 1.54) is 0 Å². The SMILES string of the molecule is CCCC[C@H](NC(=O)OCc1ccccc1)c1nc(-c2ccccc2)cn1CC(=O)O. The van der Waals surface area contributed by atoms with Crippen molar-refractivity contribution in [3.05, 3.63) is 78.2 Å². The lowest BCUT2D eigenvalue weighted by Crippen LogP contribution is -2.31. The Morgan fingerprint density at radius 1 is 1.10 bits per heavy atom. The fourth-order valence-electron chi connectivity index (χ4n) is 3.31. The molecule has 2 aromatic carbocycles. The van der Waals surface area contributed by atoms with Gasteiger partial charge in [0.15, 0.2) is 0 Å². The van der Waals surface area contributed by atoms with Crippen molar-refractivity contribution in [2.24, 2.45) is 0 Å². The molecule has 1 aromatic heterocycles. The van der Waals surface area contributed by atoms with Gasteiger partial charge in [-0.05, 0) is 12.0 Å². The summed E-state index contributed by atoms with van der Waals surface area (Å²) >= 11 is 0. The van der Waals surface area contributed by atoms with Crippen LogP contribution in [0.2, 0.25) is 0 Å². The molecule has 0 fully saturated rings. The number of carbonyl (C=O) groups is 2. The van der Waals surface area contributed by atoms with Gasteiger partial charge in [-0.1, -0.05) is 80.4 Å². The topological polar surface area (TPSA) is 93.5 Å². The predicted octanol–water partition coefficient (Wildman–Crippen LogP) is 4.79. The molecule has 0 aliphatic heterocycles. The molecule has 3 aromatic rings. The quantitative estimate of drug-likeness (QED) is 0.491. The minimum absolute atomic E-state index is 0.159. The highest BCUT2D eigenvalue weighted by Gasteiger charge is 2.23. The first-order chi connectivity index (χ1) is 15.1. The molecule has 7 nitrogen and oxygen atoms in total. The number of aromatic nitrogens is 2. The van der Waals surface area contributed by atoms with Crippen molar-refractivity contribution in [3.8, 4) is 11.3 Å². The highest BCUT2D eigenvalue weighted by atomic mass is 16.5. The van der Waals surface area contributed by atoms with Crippen molar-refractivity contribution in [2.45, 2.75) is 45.4 Å². The lowest BCUT2D eigenvalue weighted by atomic mass is 10.1. The Bertz CT molecular complexity index is 987. The van der Waals surface area contributed by atoms with Crippen LogP contribution >= 0.6 is 0 Å². The summed E-state index contributed by atoms with van der Waals surface area (Å²) in [6.45, 7) is 1.98. The summed E-state index contributed by atoms with van der Waals surface area (Å²) in [7, 11) is 0. The number of nitrogens with zero attached hydrogens (tertiary/aromatic N) is 2. The van der Waals surface area contributed by atoms with Gasteiger partial charge in [-0.25, -0.2) is 9.78 Å². The van der Waals surface area contributed by atoms with Gasteiger partial charge in [0, 0.05) is 11.8 Å². The first-order valence-electron chi connectivity index (χ1n) is 10.4. The molecule has 0 bridgehead atoms. The van der Waals surface area contributed by atoms with E-state index < -0.39 is 18.1 Å². The summed E-state index contributed by atoms with van der Waals surface area (Å²) in [5.41, 5.74) is 2.44. The van der Waals surface area contributed by atoms with E-state index in [1.54, 1.807) is 10.8 Å². The first kappa shape index (κ1) is 22.1. The number of carboxylic acids is 1. The van der Waals surface area contributed by atoms with Gasteiger partial charge in [0.2, 0.25) is 0 Å². The van der Waals surface area contributed by atoms with Crippen LogP contribution in [-0.4, -0.2) is 26.7 Å². The lowest BCUT2D eigenvalue weighted by Gasteiger charge is -2.19. The Morgan fingerprint density at radius 3 is 2.42 bits per heavy atom. The average Bonchev–Trinajstić information content (AvgIpc) is 3.19. The van der Waals surface area contributed by atoms with E-state index >= 15 is 0 Å². The molecule has 1 atom stereocenters. The van der Waals surface area contributed by atoms with Crippen LogP contribution < -0.4 is 5.32 Å². The highest BCUT2D eigenvalue weighted by molar-refractivity contribution is 5.69. The number of carbonyl (C=O) groups excluding carboxylic acids is 1. The molecule has 0 radical (unpaired) electrons. The molecule has 7 heteroatoms. The maximum absolute atomic E-state index is 12.5. The second-order valence-corrected chi connectivity index (χ2v) is 7.27.